The zero-order valence-electron chi connectivity index (χ0n) is 10.9. The van der Waals surface area contributed by atoms with E-state index >= 15 is 0 Å². The summed E-state index contributed by atoms with van der Waals surface area (Å²) in [5.41, 5.74) is 7.75. The van der Waals surface area contributed by atoms with Crippen molar-refractivity contribution in [1.29, 1.82) is 0 Å². The number of thiocarbonyl (C=S) groups is 1. The van der Waals surface area contributed by atoms with E-state index in [-0.39, 0.29) is 6.04 Å². The Hall–Kier alpha value is -1.46. The van der Waals surface area contributed by atoms with Crippen LogP contribution in [-0.2, 0) is 6.54 Å². The van der Waals surface area contributed by atoms with Gasteiger partial charge in [0.2, 0.25) is 0 Å². The average Bonchev–Trinajstić information content (AvgIpc) is 2.66. The largest absolute Gasteiger partial charge is 0.392 e. The SMILES string of the molecule is CC(c1nc2ccccc2n1CC(N)=S)N(C)C. The number of para-hydroxylation sites is 2. The Balaban J connectivity index is 2.60. The standard InChI is InChI=1S/C13H18N4S/c1-9(16(2)3)13-15-10-6-4-5-7-11(10)17(13)8-12(14)18/h4-7,9H,8H2,1-3H3,(H2,14,18). The van der Waals surface area contributed by atoms with E-state index in [0.29, 0.717) is 11.5 Å². The van der Waals surface area contributed by atoms with Gasteiger partial charge in [-0.2, -0.15) is 0 Å². The highest BCUT2D eigenvalue weighted by Crippen LogP contribution is 2.23. The van der Waals surface area contributed by atoms with E-state index in [9.17, 15) is 0 Å². The van der Waals surface area contributed by atoms with Crippen molar-refractivity contribution in [2.75, 3.05) is 14.1 Å². The molecular weight excluding hydrogens is 244 g/mol. The summed E-state index contributed by atoms with van der Waals surface area (Å²) in [7, 11) is 4.07. The topological polar surface area (TPSA) is 47.1 Å². The molecule has 1 aromatic heterocycles. The fourth-order valence-electron chi connectivity index (χ4n) is 1.97. The Morgan fingerprint density at radius 2 is 2.11 bits per heavy atom. The first-order chi connectivity index (χ1) is 8.50. The molecule has 0 saturated carbocycles. The highest BCUT2D eigenvalue weighted by molar-refractivity contribution is 7.80. The molecule has 2 aromatic rings. The summed E-state index contributed by atoms with van der Waals surface area (Å²) < 4.78 is 2.10. The molecule has 0 aliphatic carbocycles. The average molecular weight is 262 g/mol. The zero-order valence-corrected chi connectivity index (χ0v) is 11.7. The Labute approximate surface area is 112 Å². The van der Waals surface area contributed by atoms with Crippen LogP contribution in [0, 0.1) is 0 Å². The number of fused-ring (bicyclic) bond motifs is 1. The molecule has 0 saturated heterocycles. The quantitative estimate of drug-likeness (QED) is 0.856. The normalized spacial score (nSPS) is 13.1. The number of nitrogens with zero attached hydrogens (tertiary/aromatic N) is 3. The predicted octanol–water partition coefficient (Wildman–Crippen LogP) is 1.95. The molecule has 96 valence electrons. The fourth-order valence-corrected chi connectivity index (χ4v) is 2.10. The Bertz CT molecular complexity index is 573. The summed E-state index contributed by atoms with van der Waals surface area (Å²) in [5.74, 6) is 0.994. The van der Waals surface area contributed by atoms with Crippen LogP contribution in [0.5, 0.6) is 0 Å². The van der Waals surface area contributed by atoms with Crippen molar-refractivity contribution in [3.8, 4) is 0 Å². The van der Waals surface area contributed by atoms with Crippen molar-refractivity contribution in [1.82, 2.24) is 14.5 Å². The van der Waals surface area contributed by atoms with Gasteiger partial charge >= 0.3 is 0 Å². The summed E-state index contributed by atoms with van der Waals surface area (Å²) >= 11 is 5.03. The highest BCUT2D eigenvalue weighted by atomic mass is 32.1. The van der Waals surface area contributed by atoms with Crippen LogP contribution in [0.15, 0.2) is 24.3 Å². The van der Waals surface area contributed by atoms with Gasteiger partial charge in [-0.3, -0.25) is 4.90 Å². The number of aromatic nitrogens is 2. The third-order valence-corrected chi connectivity index (χ3v) is 3.28. The van der Waals surface area contributed by atoms with Crippen LogP contribution in [0.3, 0.4) is 0 Å². The molecule has 0 spiro atoms. The number of benzene rings is 1. The minimum absolute atomic E-state index is 0.215. The summed E-state index contributed by atoms with van der Waals surface area (Å²) in [6.07, 6.45) is 0. The molecule has 0 fully saturated rings. The van der Waals surface area contributed by atoms with Gasteiger partial charge in [0.1, 0.15) is 5.82 Å². The summed E-state index contributed by atoms with van der Waals surface area (Å²) in [5, 5.41) is 0. The Morgan fingerprint density at radius 3 is 2.72 bits per heavy atom. The minimum atomic E-state index is 0.215. The third kappa shape index (κ3) is 2.37. The van der Waals surface area contributed by atoms with Crippen molar-refractivity contribution < 1.29 is 0 Å². The lowest BCUT2D eigenvalue weighted by molar-refractivity contribution is 0.303. The van der Waals surface area contributed by atoms with E-state index in [2.05, 4.69) is 16.4 Å². The van der Waals surface area contributed by atoms with E-state index < -0.39 is 0 Å². The smallest absolute Gasteiger partial charge is 0.127 e. The zero-order chi connectivity index (χ0) is 13.3. The van der Waals surface area contributed by atoms with E-state index in [0.717, 1.165) is 16.9 Å². The molecule has 2 N–H and O–H groups in total. The Morgan fingerprint density at radius 1 is 1.44 bits per heavy atom. The molecule has 5 heteroatoms. The number of nitrogens with two attached hydrogens (primary N) is 1. The maximum Gasteiger partial charge on any atom is 0.127 e. The first-order valence-corrected chi connectivity index (χ1v) is 6.31. The summed E-state index contributed by atoms with van der Waals surface area (Å²) in [4.78, 5) is 7.29. The lowest BCUT2D eigenvalue weighted by atomic mass is 10.3. The van der Waals surface area contributed by atoms with Crippen LogP contribution in [-0.4, -0.2) is 33.5 Å². The van der Waals surface area contributed by atoms with E-state index in [1.807, 2.05) is 38.4 Å². The summed E-state index contributed by atoms with van der Waals surface area (Å²) in [6.45, 7) is 2.65. The number of rotatable bonds is 4. The van der Waals surface area contributed by atoms with Gasteiger partial charge in [0.25, 0.3) is 0 Å². The maximum atomic E-state index is 5.69. The second-order valence-electron chi connectivity index (χ2n) is 4.65. The number of imidazole rings is 1. The van der Waals surface area contributed by atoms with Gasteiger partial charge < -0.3 is 10.3 Å². The van der Waals surface area contributed by atoms with Gasteiger partial charge in [-0.1, -0.05) is 24.4 Å². The maximum absolute atomic E-state index is 5.69. The van der Waals surface area contributed by atoms with Crippen molar-refractivity contribution in [2.24, 2.45) is 5.73 Å². The van der Waals surface area contributed by atoms with E-state index in [1.54, 1.807) is 0 Å². The molecule has 1 aromatic carbocycles. The van der Waals surface area contributed by atoms with Gasteiger partial charge in [-0.15, -0.1) is 0 Å². The van der Waals surface area contributed by atoms with E-state index in [4.69, 9.17) is 22.9 Å². The van der Waals surface area contributed by atoms with Crippen LogP contribution < -0.4 is 5.73 Å². The molecule has 0 amide bonds. The van der Waals surface area contributed by atoms with Gasteiger partial charge in [0.15, 0.2) is 0 Å². The molecule has 2 rings (SSSR count). The van der Waals surface area contributed by atoms with Gasteiger partial charge in [-0.25, -0.2) is 4.98 Å². The van der Waals surface area contributed by atoms with E-state index in [1.165, 1.54) is 0 Å². The van der Waals surface area contributed by atoms with Crippen LogP contribution in [0.4, 0.5) is 0 Å². The lowest BCUT2D eigenvalue weighted by Crippen LogP contribution is -2.24. The molecule has 0 aliphatic rings. The monoisotopic (exact) mass is 262 g/mol. The van der Waals surface area contributed by atoms with Crippen LogP contribution in [0.25, 0.3) is 11.0 Å². The van der Waals surface area contributed by atoms with Crippen molar-refractivity contribution in [2.45, 2.75) is 19.5 Å². The molecule has 4 nitrogen and oxygen atoms in total. The second kappa shape index (κ2) is 5.04. The summed E-state index contributed by atoms with van der Waals surface area (Å²) in [6, 6.07) is 8.27. The molecule has 0 bridgehead atoms. The van der Waals surface area contributed by atoms with Gasteiger partial charge in [-0.05, 0) is 33.2 Å². The van der Waals surface area contributed by atoms with Crippen LogP contribution >= 0.6 is 12.2 Å². The molecule has 18 heavy (non-hydrogen) atoms. The third-order valence-electron chi connectivity index (χ3n) is 3.15. The first-order valence-electron chi connectivity index (χ1n) is 5.90. The van der Waals surface area contributed by atoms with Crippen molar-refractivity contribution in [3.05, 3.63) is 30.1 Å². The predicted molar refractivity (Wildman–Crippen MR) is 78.6 cm³/mol. The molecule has 0 radical (unpaired) electrons. The number of hydrogen-bond acceptors (Lipinski definition) is 3. The molecule has 1 atom stereocenters. The molecule has 0 aliphatic heterocycles. The van der Waals surface area contributed by atoms with Crippen LogP contribution in [0.1, 0.15) is 18.8 Å². The molecule has 1 heterocycles. The number of hydrogen-bond donors (Lipinski definition) is 1. The van der Waals surface area contributed by atoms with Crippen LogP contribution in [0.2, 0.25) is 0 Å². The Kier molecular flexibility index (Phi) is 3.63. The molecule has 1 unspecified atom stereocenters. The molecular formula is C13H18N4S. The highest BCUT2D eigenvalue weighted by Gasteiger charge is 2.18. The second-order valence-corrected chi connectivity index (χ2v) is 5.18. The lowest BCUT2D eigenvalue weighted by Gasteiger charge is -2.20. The van der Waals surface area contributed by atoms with Crippen molar-refractivity contribution >= 4 is 28.2 Å². The fraction of sp³-hybridized carbons (Fsp3) is 0.385. The van der Waals surface area contributed by atoms with Crippen molar-refractivity contribution in [3.63, 3.8) is 0 Å². The van der Waals surface area contributed by atoms with Gasteiger partial charge in [0, 0.05) is 0 Å². The minimum Gasteiger partial charge on any atom is -0.392 e. The first kappa shape index (κ1) is 13.0. The van der Waals surface area contributed by atoms with Gasteiger partial charge in [0.05, 0.1) is 28.6 Å².